The third-order valence-electron chi connectivity index (χ3n) is 6.23. The molecule has 0 spiro atoms. The molecule has 0 N–H and O–H groups in total. The fourth-order valence-corrected chi connectivity index (χ4v) is 4.37. The second-order valence-corrected chi connectivity index (χ2v) is 8.12. The van der Waals surface area contributed by atoms with E-state index in [1.807, 2.05) is 13.8 Å². The van der Waals surface area contributed by atoms with Crippen molar-refractivity contribution in [3.8, 4) is 11.4 Å². The Labute approximate surface area is 180 Å². The van der Waals surface area contributed by atoms with E-state index < -0.39 is 0 Å². The van der Waals surface area contributed by atoms with Crippen molar-refractivity contribution in [1.29, 1.82) is 0 Å². The summed E-state index contributed by atoms with van der Waals surface area (Å²) in [5.41, 5.74) is 5.24. The van der Waals surface area contributed by atoms with Crippen LogP contribution in [0.1, 0.15) is 35.1 Å². The molecule has 0 bridgehead atoms. The number of nitrogens with zero attached hydrogens (tertiary/aromatic N) is 4. The van der Waals surface area contributed by atoms with Crippen LogP contribution >= 0.6 is 0 Å². The van der Waals surface area contributed by atoms with E-state index in [2.05, 4.69) is 38.8 Å². The molecule has 2 aromatic carbocycles. The number of Topliss-reactive ketones (excluding diaryl/α,β-unsaturated/α-hetero) is 1. The zero-order valence-electron chi connectivity index (χ0n) is 17.9. The van der Waals surface area contributed by atoms with E-state index in [0.29, 0.717) is 16.6 Å². The Balaban J connectivity index is 1.65. The van der Waals surface area contributed by atoms with Gasteiger partial charge in [0.15, 0.2) is 5.78 Å². The number of carbonyl (C=O) groups is 1. The third-order valence-corrected chi connectivity index (χ3v) is 6.23. The molecule has 31 heavy (non-hydrogen) atoms. The second kappa shape index (κ2) is 7.23. The van der Waals surface area contributed by atoms with E-state index in [1.54, 1.807) is 30.5 Å². The van der Waals surface area contributed by atoms with Gasteiger partial charge < -0.3 is 9.47 Å². The Kier molecular flexibility index (Phi) is 4.50. The number of aromatic nitrogens is 3. The minimum absolute atomic E-state index is 0.00804. The molecule has 1 fully saturated rings. The predicted octanol–water partition coefficient (Wildman–Crippen LogP) is 4.21. The maximum Gasteiger partial charge on any atom is 0.281 e. The van der Waals surface area contributed by atoms with Crippen molar-refractivity contribution in [1.82, 2.24) is 14.3 Å². The number of hydrogen-bond donors (Lipinski definition) is 0. The van der Waals surface area contributed by atoms with Crippen molar-refractivity contribution in [2.75, 3.05) is 18.0 Å². The average molecular weight is 412 g/mol. The molecule has 4 aromatic rings. The minimum Gasteiger partial charge on any atom is -0.371 e. The largest absolute Gasteiger partial charge is 0.371 e. The number of anilines is 1. The number of benzene rings is 2. The van der Waals surface area contributed by atoms with E-state index in [-0.39, 0.29) is 11.3 Å². The zero-order valence-corrected chi connectivity index (χ0v) is 17.9. The van der Waals surface area contributed by atoms with Gasteiger partial charge in [-0.15, -0.1) is 0 Å². The first-order valence-electron chi connectivity index (χ1n) is 10.5. The zero-order chi connectivity index (χ0) is 21.7. The smallest absolute Gasteiger partial charge is 0.281 e. The van der Waals surface area contributed by atoms with E-state index >= 15 is 0 Å². The molecule has 6 nitrogen and oxygen atoms in total. The molecule has 0 atom stereocenters. The summed E-state index contributed by atoms with van der Waals surface area (Å²) in [6.45, 7) is 7.71. The number of carbonyl (C=O) groups excluding carboxylic acids is 1. The molecule has 0 unspecified atom stereocenters. The SMILES string of the molecule is CC(=O)c1ccc(-n2ncc3c(C)n(-c4cccc(N5CCC5)c4)c(C)c3c2=O)cc1. The Morgan fingerprint density at radius 3 is 2.29 bits per heavy atom. The number of rotatable bonds is 4. The Morgan fingerprint density at radius 2 is 1.65 bits per heavy atom. The summed E-state index contributed by atoms with van der Waals surface area (Å²) in [6.07, 6.45) is 2.99. The lowest BCUT2D eigenvalue weighted by Crippen LogP contribution is -2.36. The van der Waals surface area contributed by atoms with Gasteiger partial charge in [-0.25, -0.2) is 0 Å². The van der Waals surface area contributed by atoms with Crippen molar-refractivity contribution in [2.45, 2.75) is 27.2 Å². The summed E-state index contributed by atoms with van der Waals surface area (Å²) in [4.78, 5) is 27.3. The van der Waals surface area contributed by atoms with Crippen LogP contribution in [-0.2, 0) is 0 Å². The molecule has 156 valence electrons. The van der Waals surface area contributed by atoms with Crippen molar-refractivity contribution in [3.05, 3.63) is 82.0 Å². The van der Waals surface area contributed by atoms with Crippen LogP contribution in [0.4, 0.5) is 5.69 Å². The summed E-state index contributed by atoms with van der Waals surface area (Å²) >= 11 is 0. The fraction of sp³-hybridized carbons (Fsp3) is 0.240. The van der Waals surface area contributed by atoms with Gasteiger partial charge in [0, 0.05) is 46.8 Å². The van der Waals surface area contributed by atoms with Crippen LogP contribution in [0.2, 0.25) is 0 Å². The molecule has 5 rings (SSSR count). The summed E-state index contributed by atoms with van der Waals surface area (Å²) in [6, 6.07) is 15.4. The first-order valence-corrected chi connectivity index (χ1v) is 10.5. The number of hydrogen-bond acceptors (Lipinski definition) is 4. The topological polar surface area (TPSA) is 60.1 Å². The molecule has 2 aromatic heterocycles. The number of ketones is 1. The van der Waals surface area contributed by atoms with Gasteiger partial charge in [0.2, 0.25) is 0 Å². The highest BCUT2D eigenvalue weighted by Gasteiger charge is 2.19. The van der Waals surface area contributed by atoms with Crippen molar-refractivity contribution < 1.29 is 4.79 Å². The van der Waals surface area contributed by atoms with Crippen LogP contribution in [0.25, 0.3) is 22.1 Å². The van der Waals surface area contributed by atoms with Crippen LogP contribution < -0.4 is 10.5 Å². The van der Waals surface area contributed by atoms with Crippen molar-refractivity contribution in [3.63, 3.8) is 0 Å². The predicted molar refractivity (Wildman–Crippen MR) is 123 cm³/mol. The quantitative estimate of drug-likeness (QED) is 0.471. The maximum atomic E-state index is 13.4. The highest BCUT2D eigenvalue weighted by molar-refractivity contribution is 5.94. The lowest BCUT2D eigenvalue weighted by atomic mass is 10.1. The van der Waals surface area contributed by atoms with Crippen molar-refractivity contribution >= 4 is 22.2 Å². The van der Waals surface area contributed by atoms with Crippen LogP contribution in [0, 0.1) is 13.8 Å². The molecular formula is C25H24N4O2. The molecule has 3 heterocycles. The summed E-state index contributed by atoms with van der Waals surface area (Å²) in [5.74, 6) is -0.00804. The van der Waals surface area contributed by atoms with Gasteiger partial charge in [-0.3, -0.25) is 9.59 Å². The van der Waals surface area contributed by atoms with Gasteiger partial charge in [-0.05, 0) is 69.7 Å². The number of fused-ring (bicyclic) bond motifs is 1. The molecule has 1 aliphatic rings. The van der Waals surface area contributed by atoms with Gasteiger partial charge in [0.05, 0.1) is 17.3 Å². The van der Waals surface area contributed by atoms with Gasteiger partial charge in [0.25, 0.3) is 5.56 Å². The first-order chi connectivity index (χ1) is 15.0. The van der Waals surface area contributed by atoms with Gasteiger partial charge in [0.1, 0.15) is 0 Å². The maximum absolute atomic E-state index is 13.4. The first kappa shape index (κ1) is 19.3. The lowest BCUT2D eigenvalue weighted by Gasteiger charge is -2.33. The van der Waals surface area contributed by atoms with Crippen LogP contribution in [0.5, 0.6) is 0 Å². The minimum atomic E-state index is -0.161. The van der Waals surface area contributed by atoms with Gasteiger partial charge in [-0.2, -0.15) is 9.78 Å². The van der Waals surface area contributed by atoms with E-state index in [0.717, 1.165) is 35.6 Å². The standard InChI is InChI=1S/C25H24N4O2/c1-16-23-15-26-29(20-10-8-19(9-11-20)18(3)30)25(31)24(23)17(2)28(16)22-7-4-6-21(14-22)27-12-5-13-27/h4,6-11,14-15H,5,12-13H2,1-3H3. The van der Waals surface area contributed by atoms with Gasteiger partial charge in [-0.1, -0.05) is 6.07 Å². The summed E-state index contributed by atoms with van der Waals surface area (Å²) < 4.78 is 3.54. The Morgan fingerprint density at radius 1 is 0.935 bits per heavy atom. The normalized spacial score (nSPS) is 13.5. The highest BCUT2D eigenvalue weighted by atomic mass is 16.1. The summed E-state index contributed by atoms with van der Waals surface area (Å²) in [5, 5.41) is 5.95. The monoisotopic (exact) mass is 412 g/mol. The van der Waals surface area contributed by atoms with E-state index in [9.17, 15) is 9.59 Å². The molecule has 6 heteroatoms. The van der Waals surface area contributed by atoms with Crippen LogP contribution in [-0.4, -0.2) is 33.2 Å². The molecule has 1 aliphatic heterocycles. The number of aryl methyl sites for hydroxylation is 2. The average Bonchev–Trinajstić information content (AvgIpc) is 2.98. The lowest BCUT2D eigenvalue weighted by molar-refractivity contribution is 0.101. The molecule has 1 saturated heterocycles. The molecular weight excluding hydrogens is 388 g/mol. The highest BCUT2D eigenvalue weighted by Crippen LogP contribution is 2.29. The second-order valence-electron chi connectivity index (χ2n) is 8.12. The van der Waals surface area contributed by atoms with Gasteiger partial charge >= 0.3 is 0 Å². The molecule has 0 saturated carbocycles. The Hall–Kier alpha value is -3.67. The third kappa shape index (κ3) is 3.06. The molecule has 0 amide bonds. The Bertz CT molecular complexity index is 1380. The van der Waals surface area contributed by atoms with E-state index in [1.165, 1.54) is 23.7 Å². The molecule has 0 aliphatic carbocycles. The van der Waals surface area contributed by atoms with E-state index in [4.69, 9.17) is 0 Å². The van der Waals surface area contributed by atoms with Crippen LogP contribution in [0.15, 0.2) is 59.5 Å². The summed E-state index contributed by atoms with van der Waals surface area (Å²) in [7, 11) is 0. The van der Waals surface area contributed by atoms with Crippen molar-refractivity contribution in [2.24, 2.45) is 0 Å². The fourth-order valence-electron chi connectivity index (χ4n) is 4.37. The molecule has 0 radical (unpaired) electrons. The van der Waals surface area contributed by atoms with Crippen LogP contribution in [0.3, 0.4) is 0 Å².